The molecule has 0 aliphatic rings. The smallest absolute Gasteiger partial charge is 0.170 e. The molecule has 0 spiro atoms. The molecule has 0 atom stereocenters. The number of ketones is 2. The molecular formula is C16H22O2. The maximum absolute atomic E-state index is 11.8. The highest BCUT2D eigenvalue weighted by atomic mass is 16.1. The van der Waals surface area contributed by atoms with E-state index >= 15 is 0 Å². The lowest BCUT2D eigenvalue weighted by Crippen LogP contribution is -2.07. The van der Waals surface area contributed by atoms with Crippen molar-refractivity contribution in [1.29, 1.82) is 0 Å². The summed E-state index contributed by atoms with van der Waals surface area (Å²) < 4.78 is 0. The monoisotopic (exact) mass is 246 g/mol. The van der Waals surface area contributed by atoms with Crippen molar-refractivity contribution in [3.63, 3.8) is 0 Å². The molecule has 0 saturated heterocycles. The number of Topliss-reactive ketones (excluding diaryl/α,β-unsaturated/α-hetero) is 2. The Labute approximate surface area is 109 Å². The van der Waals surface area contributed by atoms with E-state index in [1.165, 1.54) is 19.3 Å². The molecule has 0 unspecified atom stereocenters. The van der Waals surface area contributed by atoms with Gasteiger partial charge in [0.1, 0.15) is 5.78 Å². The van der Waals surface area contributed by atoms with Crippen molar-refractivity contribution in [2.75, 3.05) is 0 Å². The van der Waals surface area contributed by atoms with Crippen LogP contribution in [-0.4, -0.2) is 11.6 Å². The Kier molecular flexibility index (Phi) is 7.00. The predicted molar refractivity (Wildman–Crippen MR) is 73.8 cm³/mol. The number of rotatable bonds is 9. The van der Waals surface area contributed by atoms with Gasteiger partial charge in [0, 0.05) is 12.0 Å². The fourth-order valence-electron chi connectivity index (χ4n) is 1.92. The summed E-state index contributed by atoms with van der Waals surface area (Å²) in [6, 6.07) is 9.03. The van der Waals surface area contributed by atoms with Gasteiger partial charge >= 0.3 is 0 Å². The van der Waals surface area contributed by atoms with Gasteiger partial charge in [0.2, 0.25) is 0 Å². The van der Waals surface area contributed by atoms with Crippen molar-refractivity contribution in [2.45, 2.75) is 51.9 Å². The first-order valence-electron chi connectivity index (χ1n) is 6.84. The Balaban J connectivity index is 2.22. The normalized spacial score (nSPS) is 10.3. The summed E-state index contributed by atoms with van der Waals surface area (Å²) in [6.45, 7) is 2.17. The molecular weight excluding hydrogens is 224 g/mol. The van der Waals surface area contributed by atoms with Gasteiger partial charge < -0.3 is 0 Å². The Hall–Kier alpha value is -1.44. The molecule has 2 nitrogen and oxygen atoms in total. The van der Waals surface area contributed by atoms with E-state index in [1.54, 1.807) is 12.1 Å². The summed E-state index contributed by atoms with van der Waals surface area (Å²) in [5, 5.41) is 0. The third-order valence-electron chi connectivity index (χ3n) is 3.01. The van der Waals surface area contributed by atoms with Gasteiger partial charge in [-0.3, -0.25) is 9.59 Å². The number of unbranched alkanes of at least 4 members (excludes halogenated alkanes) is 4. The van der Waals surface area contributed by atoms with E-state index in [4.69, 9.17) is 0 Å². The molecule has 1 aromatic carbocycles. The van der Waals surface area contributed by atoms with Gasteiger partial charge in [-0.1, -0.05) is 62.9 Å². The van der Waals surface area contributed by atoms with Crippen LogP contribution in [0.5, 0.6) is 0 Å². The summed E-state index contributed by atoms with van der Waals surface area (Å²) in [6.07, 6.45) is 6.24. The minimum Gasteiger partial charge on any atom is -0.299 e. The second kappa shape index (κ2) is 8.62. The molecule has 0 radical (unpaired) electrons. The van der Waals surface area contributed by atoms with Crippen LogP contribution in [0, 0.1) is 0 Å². The third kappa shape index (κ3) is 5.76. The van der Waals surface area contributed by atoms with Gasteiger partial charge in [0.25, 0.3) is 0 Å². The highest BCUT2D eigenvalue weighted by Gasteiger charge is 2.10. The van der Waals surface area contributed by atoms with Crippen LogP contribution < -0.4 is 0 Å². The van der Waals surface area contributed by atoms with E-state index in [0.717, 1.165) is 12.8 Å². The lowest BCUT2D eigenvalue weighted by Gasteiger charge is -2.01. The summed E-state index contributed by atoms with van der Waals surface area (Å²) in [4.78, 5) is 23.4. The third-order valence-corrected chi connectivity index (χ3v) is 3.01. The van der Waals surface area contributed by atoms with Crippen molar-refractivity contribution in [3.05, 3.63) is 35.9 Å². The second-order valence-electron chi connectivity index (χ2n) is 4.67. The number of carbonyl (C=O) groups excluding carboxylic acids is 2. The quantitative estimate of drug-likeness (QED) is 0.372. The van der Waals surface area contributed by atoms with Crippen molar-refractivity contribution in [1.82, 2.24) is 0 Å². The highest BCUT2D eigenvalue weighted by Crippen LogP contribution is 2.09. The maximum Gasteiger partial charge on any atom is 0.170 e. The van der Waals surface area contributed by atoms with Gasteiger partial charge in [0.05, 0.1) is 6.42 Å². The molecule has 0 aliphatic heterocycles. The molecule has 0 fully saturated rings. The Morgan fingerprint density at radius 1 is 0.944 bits per heavy atom. The first-order chi connectivity index (χ1) is 8.74. The van der Waals surface area contributed by atoms with Gasteiger partial charge in [-0.15, -0.1) is 0 Å². The van der Waals surface area contributed by atoms with Gasteiger partial charge in [0.15, 0.2) is 5.78 Å². The zero-order valence-corrected chi connectivity index (χ0v) is 11.2. The average molecular weight is 246 g/mol. The molecule has 1 aromatic rings. The van der Waals surface area contributed by atoms with Crippen LogP contribution in [0.4, 0.5) is 0 Å². The van der Waals surface area contributed by atoms with Crippen LogP contribution in [0.25, 0.3) is 0 Å². The minimum atomic E-state index is -0.0610. The minimum absolute atomic E-state index is 0.0534. The van der Waals surface area contributed by atoms with Crippen LogP contribution in [0.1, 0.15) is 62.2 Å². The largest absolute Gasteiger partial charge is 0.299 e. The zero-order chi connectivity index (χ0) is 13.2. The van der Waals surface area contributed by atoms with Gasteiger partial charge in [-0.05, 0) is 6.42 Å². The van der Waals surface area contributed by atoms with Crippen LogP contribution in [0.15, 0.2) is 30.3 Å². The first-order valence-corrected chi connectivity index (χ1v) is 6.84. The van der Waals surface area contributed by atoms with E-state index in [1.807, 2.05) is 18.2 Å². The van der Waals surface area contributed by atoms with Crippen molar-refractivity contribution in [2.24, 2.45) is 0 Å². The number of hydrogen-bond acceptors (Lipinski definition) is 2. The van der Waals surface area contributed by atoms with Crippen LogP contribution in [-0.2, 0) is 4.79 Å². The first kappa shape index (κ1) is 14.6. The summed E-state index contributed by atoms with van der Waals surface area (Å²) in [7, 11) is 0. The zero-order valence-electron chi connectivity index (χ0n) is 11.2. The fraction of sp³-hybridized carbons (Fsp3) is 0.500. The predicted octanol–water partition coefficient (Wildman–Crippen LogP) is 4.19. The molecule has 0 aliphatic carbocycles. The van der Waals surface area contributed by atoms with E-state index in [9.17, 15) is 9.59 Å². The Morgan fingerprint density at radius 2 is 1.61 bits per heavy atom. The summed E-state index contributed by atoms with van der Waals surface area (Å²) in [5.74, 6) is 0.00881. The Bertz CT molecular complexity index is 368. The molecule has 0 saturated carbocycles. The molecule has 0 amide bonds. The van der Waals surface area contributed by atoms with Crippen LogP contribution in [0.3, 0.4) is 0 Å². The van der Waals surface area contributed by atoms with Gasteiger partial charge in [-0.2, -0.15) is 0 Å². The van der Waals surface area contributed by atoms with Gasteiger partial charge in [-0.25, -0.2) is 0 Å². The molecule has 0 bridgehead atoms. The molecule has 0 aromatic heterocycles. The van der Waals surface area contributed by atoms with Crippen molar-refractivity contribution >= 4 is 11.6 Å². The van der Waals surface area contributed by atoms with E-state index in [2.05, 4.69) is 6.92 Å². The molecule has 2 heteroatoms. The molecule has 0 N–H and O–H groups in total. The van der Waals surface area contributed by atoms with Crippen LogP contribution in [0.2, 0.25) is 0 Å². The fourth-order valence-corrected chi connectivity index (χ4v) is 1.92. The molecule has 18 heavy (non-hydrogen) atoms. The molecule has 98 valence electrons. The highest BCUT2D eigenvalue weighted by molar-refractivity contribution is 6.07. The SMILES string of the molecule is CCCCCCCC(=O)CC(=O)c1ccccc1. The van der Waals surface area contributed by atoms with Crippen molar-refractivity contribution < 1.29 is 9.59 Å². The van der Waals surface area contributed by atoms with E-state index < -0.39 is 0 Å². The molecule has 0 heterocycles. The van der Waals surface area contributed by atoms with Crippen molar-refractivity contribution in [3.8, 4) is 0 Å². The average Bonchev–Trinajstić information content (AvgIpc) is 2.39. The number of hydrogen-bond donors (Lipinski definition) is 0. The number of benzene rings is 1. The van der Waals surface area contributed by atoms with Crippen LogP contribution >= 0.6 is 0 Å². The lowest BCUT2D eigenvalue weighted by atomic mass is 10.0. The lowest BCUT2D eigenvalue weighted by molar-refractivity contribution is -0.118. The maximum atomic E-state index is 11.8. The van der Waals surface area contributed by atoms with E-state index in [-0.39, 0.29) is 18.0 Å². The second-order valence-corrected chi connectivity index (χ2v) is 4.67. The molecule has 1 rings (SSSR count). The summed E-state index contributed by atoms with van der Waals surface area (Å²) >= 11 is 0. The topological polar surface area (TPSA) is 34.1 Å². The Morgan fingerprint density at radius 3 is 2.28 bits per heavy atom. The van der Waals surface area contributed by atoms with E-state index in [0.29, 0.717) is 12.0 Å². The number of carbonyl (C=O) groups is 2. The standard InChI is InChI=1S/C16H22O2/c1-2-3-4-5-9-12-15(17)13-16(18)14-10-7-6-8-11-14/h6-8,10-11H,2-5,9,12-13H2,1H3. The summed E-state index contributed by atoms with van der Waals surface area (Å²) in [5.41, 5.74) is 0.636.